The number of carbonyl (C=O) groups excluding carboxylic acids is 1. The van der Waals surface area contributed by atoms with E-state index in [0.29, 0.717) is 16.6 Å². The molecule has 2 aromatic rings. The van der Waals surface area contributed by atoms with Gasteiger partial charge < -0.3 is 5.32 Å². The first-order valence-corrected chi connectivity index (χ1v) is 7.88. The van der Waals surface area contributed by atoms with E-state index in [1.165, 1.54) is 11.3 Å². The lowest BCUT2D eigenvalue weighted by Gasteiger charge is -2.14. The minimum absolute atomic E-state index is 0.163. The molecule has 2 N–H and O–H groups in total. The van der Waals surface area contributed by atoms with Crippen molar-refractivity contribution in [2.75, 3.05) is 5.32 Å². The molecule has 1 atom stereocenters. The normalized spacial score (nSPS) is 14.9. The van der Waals surface area contributed by atoms with Gasteiger partial charge in [0, 0.05) is 5.92 Å². The van der Waals surface area contributed by atoms with Gasteiger partial charge in [-0.25, -0.2) is 4.79 Å². The third kappa shape index (κ3) is 3.40. The van der Waals surface area contributed by atoms with Crippen molar-refractivity contribution in [3.63, 3.8) is 0 Å². The maximum Gasteiger partial charge on any atom is 0.321 e. The molecule has 0 saturated heterocycles. The van der Waals surface area contributed by atoms with Crippen molar-refractivity contribution in [3.8, 4) is 6.07 Å². The van der Waals surface area contributed by atoms with Crippen LogP contribution in [0.3, 0.4) is 0 Å². The molecule has 0 spiro atoms. The Morgan fingerprint density at radius 1 is 1.36 bits per heavy atom. The summed E-state index contributed by atoms with van der Waals surface area (Å²) in [7, 11) is 0. The predicted octanol–water partition coefficient (Wildman–Crippen LogP) is 3.17. The van der Waals surface area contributed by atoms with E-state index in [2.05, 4.69) is 26.9 Å². The van der Waals surface area contributed by atoms with E-state index in [0.717, 1.165) is 23.4 Å². The number of benzene rings is 1. The Morgan fingerprint density at radius 2 is 2.09 bits per heavy atom. The Kier molecular flexibility index (Phi) is 4.02. The smallest absolute Gasteiger partial charge is 0.321 e. The number of anilines is 1. The highest BCUT2D eigenvalue weighted by molar-refractivity contribution is 7.15. The van der Waals surface area contributed by atoms with Crippen molar-refractivity contribution in [2.45, 2.75) is 31.7 Å². The van der Waals surface area contributed by atoms with Crippen LogP contribution in [0.25, 0.3) is 0 Å². The minimum Gasteiger partial charge on any atom is -0.331 e. The van der Waals surface area contributed by atoms with Crippen LogP contribution in [0, 0.1) is 11.3 Å². The number of nitriles is 1. The third-order valence-electron chi connectivity index (χ3n) is 3.48. The lowest BCUT2D eigenvalue weighted by atomic mass is 10.1. The molecule has 1 aliphatic rings. The first-order valence-electron chi connectivity index (χ1n) is 7.06. The predicted molar refractivity (Wildman–Crippen MR) is 83.6 cm³/mol. The largest absolute Gasteiger partial charge is 0.331 e. The maximum absolute atomic E-state index is 12.0. The number of hydrogen-bond donors (Lipinski definition) is 2. The fourth-order valence-electron chi connectivity index (χ4n) is 2.04. The Bertz CT molecular complexity index is 714. The average molecular weight is 313 g/mol. The third-order valence-corrected chi connectivity index (χ3v) is 4.48. The topological polar surface area (TPSA) is 90.7 Å². The molecule has 0 bridgehead atoms. The van der Waals surface area contributed by atoms with Gasteiger partial charge in [-0.2, -0.15) is 5.26 Å². The summed E-state index contributed by atoms with van der Waals surface area (Å²) in [4.78, 5) is 12.0. The van der Waals surface area contributed by atoms with E-state index in [9.17, 15) is 4.79 Å². The molecular formula is C15H15N5OS. The number of aromatic nitrogens is 2. The van der Waals surface area contributed by atoms with Crippen molar-refractivity contribution >= 4 is 22.5 Å². The second-order valence-electron chi connectivity index (χ2n) is 5.27. The second kappa shape index (κ2) is 6.12. The summed E-state index contributed by atoms with van der Waals surface area (Å²) in [5, 5.41) is 23.9. The van der Waals surface area contributed by atoms with Gasteiger partial charge in [-0.1, -0.05) is 23.5 Å². The zero-order chi connectivity index (χ0) is 15.5. The van der Waals surface area contributed by atoms with E-state index in [-0.39, 0.29) is 12.1 Å². The highest BCUT2D eigenvalue weighted by atomic mass is 32.1. The fraction of sp³-hybridized carbons (Fsp3) is 0.333. The number of nitrogens with zero attached hydrogens (tertiary/aromatic N) is 3. The summed E-state index contributed by atoms with van der Waals surface area (Å²) in [5.41, 5.74) is 1.53. The van der Waals surface area contributed by atoms with Gasteiger partial charge in [0.2, 0.25) is 5.13 Å². The number of amides is 2. The van der Waals surface area contributed by atoms with E-state index < -0.39 is 0 Å². The van der Waals surface area contributed by atoms with Crippen LogP contribution in [0.1, 0.15) is 47.9 Å². The summed E-state index contributed by atoms with van der Waals surface area (Å²) >= 11 is 1.43. The van der Waals surface area contributed by atoms with Gasteiger partial charge in [-0.05, 0) is 37.5 Å². The SMILES string of the molecule is CC(NC(=O)Nc1nnc(C2CC2)s1)c1ccc(C#N)cc1. The summed E-state index contributed by atoms with van der Waals surface area (Å²) in [6.07, 6.45) is 2.33. The van der Waals surface area contributed by atoms with Gasteiger partial charge in [-0.15, -0.1) is 10.2 Å². The molecule has 1 aromatic heterocycles. The first-order chi connectivity index (χ1) is 10.7. The molecular weight excluding hydrogens is 298 g/mol. The molecule has 1 saturated carbocycles. The van der Waals surface area contributed by atoms with Gasteiger partial charge in [0.25, 0.3) is 0 Å². The molecule has 22 heavy (non-hydrogen) atoms. The molecule has 2 amide bonds. The molecule has 1 aromatic carbocycles. The van der Waals surface area contributed by atoms with E-state index in [1.54, 1.807) is 12.1 Å². The summed E-state index contributed by atoms with van der Waals surface area (Å²) in [5.74, 6) is 0.536. The zero-order valence-electron chi connectivity index (χ0n) is 12.0. The number of rotatable bonds is 4. The molecule has 1 aliphatic carbocycles. The number of hydrogen-bond acceptors (Lipinski definition) is 5. The molecule has 112 valence electrons. The fourth-order valence-corrected chi connectivity index (χ4v) is 2.95. The second-order valence-corrected chi connectivity index (χ2v) is 6.28. The molecule has 0 radical (unpaired) electrons. The van der Waals surface area contributed by atoms with E-state index >= 15 is 0 Å². The van der Waals surface area contributed by atoms with Gasteiger partial charge in [-0.3, -0.25) is 5.32 Å². The van der Waals surface area contributed by atoms with Crippen LogP contribution in [0.5, 0.6) is 0 Å². The number of urea groups is 1. The molecule has 7 heteroatoms. The van der Waals surface area contributed by atoms with Crippen molar-refractivity contribution in [3.05, 3.63) is 40.4 Å². The Morgan fingerprint density at radius 3 is 2.73 bits per heavy atom. The van der Waals surface area contributed by atoms with Gasteiger partial charge in [0.1, 0.15) is 5.01 Å². The van der Waals surface area contributed by atoms with Crippen LogP contribution < -0.4 is 10.6 Å². The Balaban J connectivity index is 1.56. The van der Waals surface area contributed by atoms with Gasteiger partial charge >= 0.3 is 6.03 Å². The molecule has 0 aliphatic heterocycles. The van der Waals surface area contributed by atoms with Gasteiger partial charge in [0.05, 0.1) is 17.7 Å². The van der Waals surface area contributed by atoms with Crippen molar-refractivity contribution in [1.29, 1.82) is 5.26 Å². The zero-order valence-corrected chi connectivity index (χ0v) is 12.9. The van der Waals surface area contributed by atoms with Crippen LogP contribution in [-0.4, -0.2) is 16.2 Å². The van der Waals surface area contributed by atoms with Crippen LogP contribution in [0.2, 0.25) is 0 Å². The highest BCUT2D eigenvalue weighted by Gasteiger charge is 2.27. The van der Waals surface area contributed by atoms with Crippen LogP contribution >= 0.6 is 11.3 Å². The Labute approximate surface area is 132 Å². The monoisotopic (exact) mass is 313 g/mol. The van der Waals surface area contributed by atoms with Crippen molar-refractivity contribution in [2.24, 2.45) is 0 Å². The highest BCUT2D eigenvalue weighted by Crippen LogP contribution is 2.42. The van der Waals surface area contributed by atoms with Crippen LogP contribution in [-0.2, 0) is 0 Å². The summed E-state index contributed by atoms with van der Waals surface area (Å²) in [6.45, 7) is 1.89. The quantitative estimate of drug-likeness (QED) is 0.907. The Hall–Kier alpha value is -2.46. The number of carbonyl (C=O) groups is 1. The standard InChI is InChI=1S/C15H15N5OS/c1-9(11-4-2-10(8-16)3-5-11)17-14(21)18-15-20-19-13(22-15)12-6-7-12/h2-5,9,12H,6-7H2,1H3,(H2,17,18,20,21). The molecule has 6 nitrogen and oxygen atoms in total. The molecule has 1 fully saturated rings. The molecule has 1 heterocycles. The van der Waals surface area contributed by atoms with Crippen molar-refractivity contribution in [1.82, 2.24) is 15.5 Å². The van der Waals surface area contributed by atoms with Crippen LogP contribution in [0.15, 0.2) is 24.3 Å². The van der Waals surface area contributed by atoms with E-state index in [4.69, 9.17) is 5.26 Å². The molecule has 1 unspecified atom stereocenters. The average Bonchev–Trinajstić information content (AvgIpc) is 3.27. The molecule has 3 rings (SSSR count). The minimum atomic E-state index is -0.310. The van der Waals surface area contributed by atoms with Gasteiger partial charge in [0.15, 0.2) is 0 Å². The van der Waals surface area contributed by atoms with Crippen molar-refractivity contribution < 1.29 is 4.79 Å². The summed E-state index contributed by atoms with van der Waals surface area (Å²) < 4.78 is 0. The summed E-state index contributed by atoms with van der Waals surface area (Å²) in [6, 6.07) is 8.73. The maximum atomic E-state index is 12.0. The lowest BCUT2D eigenvalue weighted by Crippen LogP contribution is -2.31. The lowest BCUT2D eigenvalue weighted by molar-refractivity contribution is 0.249. The van der Waals surface area contributed by atoms with E-state index in [1.807, 2.05) is 19.1 Å². The number of nitrogens with one attached hydrogen (secondary N) is 2. The van der Waals surface area contributed by atoms with Crippen LogP contribution in [0.4, 0.5) is 9.93 Å². The first kappa shape index (κ1) is 14.5.